The Labute approximate surface area is 204 Å². The molecule has 176 valence electrons. The maximum absolute atomic E-state index is 12.5. The number of non-ortho nitro benzene ring substituents is 1. The van der Waals surface area contributed by atoms with Crippen molar-refractivity contribution in [1.82, 2.24) is 4.98 Å². The first-order valence-corrected chi connectivity index (χ1v) is 11.6. The summed E-state index contributed by atoms with van der Waals surface area (Å²) in [6.45, 7) is 2.77. The number of unbranched alkanes of at least 4 members (excludes halogenated alkanes) is 1. The van der Waals surface area contributed by atoms with E-state index in [1.807, 2.05) is 24.3 Å². The largest absolute Gasteiger partial charge is 0.494 e. The Bertz CT molecular complexity index is 1500. The molecule has 4 rings (SSSR count). The van der Waals surface area contributed by atoms with Crippen molar-refractivity contribution >= 4 is 39.3 Å². The highest BCUT2D eigenvalue weighted by Gasteiger charge is 2.15. The summed E-state index contributed by atoms with van der Waals surface area (Å²) in [5, 5.41) is 26.2. The number of nitrogens with zero attached hydrogens (tertiary/aromatic N) is 3. The van der Waals surface area contributed by atoms with Gasteiger partial charge in [-0.25, -0.2) is 9.78 Å². The number of benzene rings is 2. The molecule has 2 aromatic carbocycles. The SMILES string of the molecule is CCCCOc1ccc(NC=C(C#N)c2nc(-c3cc4cc([N+](=O)[O-])ccc4oc3=O)cs2)cc1. The van der Waals surface area contributed by atoms with Crippen molar-refractivity contribution in [3.05, 3.63) is 85.7 Å². The fourth-order valence-electron chi connectivity index (χ4n) is 3.20. The maximum atomic E-state index is 12.5. The highest BCUT2D eigenvalue weighted by atomic mass is 32.1. The van der Waals surface area contributed by atoms with E-state index in [2.05, 4.69) is 23.3 Å². The number of fused-ring (bicyclic) bond motifs is 1. The van der Waals surface area contributed by atoms with E-state index in [1.165, 1.54) is 35.6 Å². The number of nitriles is 1. The van der Waals surface area contributed by atoms with Gasteiger partial charge in [-0.3, -0.25) is 10.1 Å². The Morgan fingerprint density at radius 2 is 2.09 bits per heavy atom. The molecule has 0 atom stereocenters. The van der Waals surface area contributed by atoms with Crippen LogP contribution in [0.5, 0.6) is 5.75 Å². The molecule has 9 nitrogen and oxygen atoms in total. The summed E-state index contributed by atoms with van der Waals surface area (Å²) in [7, 11) is 0. The second-order valence-electron chi connectivity index (χ2n) is 7.51. The number of hydrogen-bond acceptors (Lipinski definition) is 9. The molecule has 0 unspecified atom stereocenters. The van der Waals surface area contributed by atoms with Gasteiger partial charge in [0.15, 0.2) is 0 Å². The molecule has 0 bridgehead atoms. The molecule has 2 aromatic heterocycles. The summed E-state index contributed by atoms with van der Waals surface area (Å²) in [4.78, 5) is 27.4. The molecule has 10 heteroatoms. The normalized spacial score (nSPS) is 11.3. The van der Waals surface area contributed by atoms with E-state index < -0.39 is 10.5 Å². The Morgan fingerprint density at radius 3 is 2.80 bits per heavy atom. The lowest BCUT2D eigenvalue weighted by Crippen LogP contribution is -2.03. The van der Waals surface area contributed by atoms with Crippen LogP contribution in [0.1, 0.15) is 24.8 Å². The van der Waals surface area contributed by atoms with Crippen molar-refractivity contribution in [1.29, 1.82) is 5.26 Å². The number of allylic oxidation sites excluding steroid dienone is 1. The molecule has 0 spiro atoms. The van der Waals surface area contributed by atoms with Crippen molar-refractivity contribution in [3.63, 3.8) is 0 Å². The molecule has 0 amide bonds. The number of nitro groups is 1. The number of hydrogen-bond donors (Lipinski definition) is 1. The minimum Gasteiger partial charge on any atom is -0.494 e. The summed E-state index contributed by atoms with van der Waals surface area (Å²) in [6, 6.07) is 15.0. The summed E-state index contributed by atoms with van der Waals surface area (Å²) in [5.74, 6) is 0.776. The molecule has 0 fully saturated rings. The van der Waals surface area contributed by atoms with Crippen molar-refractivity contribution in [2.45, 2.75) is 19.8 Å². The van der Waals surface area contributed by atoms with E-state index in [9.17, 15) is 20.2 Å². The minimum atomic E-state index is -0.620. The first-order chi connectivity index (χ1) is 17.0. The van der Waals surface area contributed by atoms with E-state index in [1.54, 1.807) is 11.6 Å². The van der Waals surface area contributed by atoms with Crippen molar-refractivity contribution in [3.8, 4) is 23.1 Å². The Kier molecular flexibility index (Phi) is 7.18. The number of anilines is 1. The van der Waals surface area contributed by atoms with Crippen LogP contribution in [0, 0.1) is 21.4 Å². The first-order valence-electron chi connectivity index (χ1n) is 10.8. The van der Waals surface area contributed by atoms with Crippen LogP contribution >= 0.6 is 11.3 Å². The molecular formula is C25H20N4O5S. The number of nitrogens with one attached hydrogen (secondary N) is 1. The Morgan fingerprint density at radius 1 is 1.29 bits per heavy atom. The van der Waals surface area contributed by atoms with Gasteiger partial charge in [0.05, 0.1) is 22.8 Å². The topological polar surface area (TPSA) is 131 Å². The molecule has 0 aliphatic heterocycles. The van der Waals surface area contributed by atoms with Crippen LogP contribution in [-0.2, 0) is 0 Å². The predicted octanol–water partition coefficient (Wildman–Crippen LogP) is 5.98. The second-order valence-corrected chi connectivity index (χ2v) is 8.36. The van der Waals surface area contributed by atoms with Gasteiger partial charge in [-0.15, -0.1) is 11.3 Å². The fraction of sp³-hybridized carbons (Fsp3) is 0.160. The average molecular weight is 489 g/mol. The van der Waals surface area contributed by atoms with Gasteiger partial charge in [0.1, 0.15) is 28.0 Å². The van der Waals surface area contributed by atoms with Gasteiger partial charge >= 0.3 is 5.63 Å². The quantitative estimate of drug-likeness (QED) is 0.100. The molecule has 4 aromatic rings. The summed E-state index contributed by atoms with van der Waals surface area (Å²) in [5.41, 5.74) is 1.04. The third kappa shape index (κ3) is 5.54. The summed E-state index contributed by atoms with van der Waals surface area (Å²) in [6.07, 6.45) is 3.60. The fourth-order valence-corrected chi connectivity index (χ4v) is 3.99. The summed E-state index contributed by atoms with van der Waals surface area (Å²) < 4.78 is 11.0. The monoisotopic (exact) mass is 488 g/mol. The van der Waals surface area contributed by atoms with Crippen LogP contribution in [0.25, 0.3) is 27.8 Å². The molecule has 35 heavy (non-hydrogen) atoms. The lowest BCUT2D eigenvalue weighted by molar-refractivity contribution is -0.384. The highest BCUT2D eigenvalue weighted by Crippen LogP contribution is 2.28. The number of ether oxygens (including phenoxy) is 1. The molecule has 0 aliphatic carbocycles. The molecule has 0 saturated carbocycles. The van der Waals surface area contributed by atoms with Crippen LogP contribution in [0.4, 0.5) is 11.4 Å². The number of thiazole rings is 1. The van der Waals surface area contributed by atoms with Crippen molar-refractivity contribution < 1.29 is 14.1 Å². The van der Waals surface area contributed by atoms with Gasteiger partial charge < -0.3 is 14.5 Å². The number of nitro benzene ring substituents is 1. The lowest BCUT2D eigenvalue weighted by Gasteiger charge is -2.06. The van der Waals surface area contributed by atoms with Gasteiger partial charge in [0.25, 0.3) is 5.69 Å². The van der Waals surface area contributed by atoms with Crippen molar-refractivity contribution in [2.75, 3.05) is 11.9 Å². The third-order valence-electron chi connectivity index (χ3n) is 5.06. The van der Waals surface area contributed by atoms with Crippen LogP contribution in [0.15, 0.2) is 69.3 Å². The first kappa shape index (κ1) is 23.7. The molecule has 0 radical (unpaired) electrons. The standard InChI is InChI=1S/C25H20N4O5S/c1-2-3-10-33-20-7-4-18(5-8-20)27-14-17(13-26)24-28-22(15-35-24)21-12-16-11-19(29(31)32)6-9-23(16)34-25(21)30/h4-9,11-12,14-15,27H,2-3,10H2,1H3. The molecule has 0 aliphatic rings. The second kappa shape index (κ2) is 10.6. The zero-order valence-electron chi connectivity index (χ0n) is 18.7. The van der Waals surface area contributed by atoms with Gasteiger partial charge in [0, 0.05) is 34.8 Å². The predicted molar refractivity (Wildman–Crippen MR) is 134 cm³/mol. The molecule has 0 saturated heterocycles. The maximum Gasteiger partial charge on any atom is 0.345 e. The Balaban J connectivity index is 1.55. The van der Waals surface area contributed by atoms with Crippen LogP contribution in [0.3, 0.4) is 0 Å². The van der Waals surface area contributed by atoms with Gasteiger partial charge in [0.2, 0.25) is 0 Å². The number of aromatic nitrogens is 1. The highest BCUT2D eigenvalue weighted by molar-refractivity contribution is 7.11. The minimum absolute atomic E-state index is 0.113. The van der Waals surface area contributed by atoms with Crippen LogP contribution < -0.4 is 15.7 Å². The van der Waals surface area contributed by atoms with Crippen LogP contribution in [0.2, 0.25) is 0 Å². The van der Waals surface area contributed by atoms with E-state index in [0.717, 1.165) is 24.3 Å². The van der Waals surface area contributed by atoms with Crippen LogP contribution in [-0.4, -0.2) is 16.5 Å². The van der Waals surface area contributed by atoms with Gasteiger partial charge in [-0.05, 0) is 42.8 Å². The third-order valence-corrected chi connectivity index (χ3v) is 5.94. The van der Waals surface area contributed by atoms with Crippen molar-refractivity contribution in [2.24, 2.45) is 0 Å². The van der Waals surface area contributed by atoms with Gasteiger partial charge in [-0.1, -0.05) is 13.3 Å². The molecule has 2 heterocycles. The Hall–Kier alpha value is -4.49. The molecular weight excluding hydrogens is 468 g/mol. The zero-order chi connectivity index (χ0) is 24.8. The van der Waals surface area contributed by atoms with E-state index >= 15 is 0 Å². The zero-order valence-corrected chi connectivity index (χ0v) is 19.5. The summed E-state index contributed by atoms with van der Waals surface area (Å²) >= 11 is 1.20. The molecule has 1 N–H and O–H groups in total. The smallest absolute Gasteiger partial charge is 0.345 e. The lowest BCUT2D eigenvalue weighted by atomic mass is 10.1. The number of rotatable bonds is 9. The van der Waals surface area contributed by atoms with E-state index in [-0.39, 0.29) is 22.4 Å². The van der Waals surface area contributed by atoms with E-state index in [0.29, 0.717) is 22.7 Å². The van der Waals surface area contributed by atoms with E-state index in [4.69, 9.17) is 9.15 Å². The average Bonchev–Trinajstić information content (AvgIpc) is 3.34. The van der Waals surface area contributed by atoms with Gasteiger partial charge in [-0.2, -0.15) is 5.26 Å².